The van der Waals surface area contributed by atoms with E-state index in [0.29, 0.717) is 0 Å². The molecule has 1 N–H and O–H groups in total. The number of aliphatic hydroxyl groups excluding tert-OH is 1. The smallest absolute Gasteiger partial charge is 0.0827 e. The van der Waals surface area contributed by atoms with Crippen molar-refractivity contribution in [1.82, 2.24) is 4.98 Å². The minimum Gasteiger partial charge on any atom is -0.388 e. The molecule has 3 rings (SSSR count). The van der Waals surface area contributed by atoms with Crippen LogP contribution in [0.5, 0.6) is 0 Å². The van der Waals surface area contributed by atoms with Crippen molar-refractivity contribution in [3.05, 3.63) is 63.9 Å². The Kier molecular flexibility index (Phi) is 3.18. The molecule has 1 heterocycles. The van der Waals surface area contributed by atoms with Crippen molar-refractivity contribution >= 4 is 15.9 Å². The average molecular weight is 304 g/mol. The Morgan fingerprint density at radius 3 is 2.89 bits per heavy atom. The third-order valence-corrected chi connectivity index (χ3v) is 4.00. The van der Waals surface area contributed by atoms with Gasteiger partial charge in [0.1, 0.15) is 0 Å². The summed E-state index contributed by atoms with van der Waals surface area (Å²) >= 11 is 3.43. The van der Waals surface area contributed by atoms with E-state index in [-0.39, 0.29) is 12.0 Å². The van der Waals surface area contributed by atoms with Gasteiger partial charge in [0, 0.05) is 16.9 Å². The fraction of sp³-hybridized carbons (Fsp3) is 0.267. The van der Waals surface area contributed by atoms with Gasteiger partial charge in [-0.1, -0.05) is 24.3 Å². The van der Waals surface area contributed by atoms with Gasteiger partial charge in [-0.3, -0.25) is 4.98 Å². The second kappa shape index (κ2) is 4.82. The van der Waals surface area contributed by atoms with Crippen LogP contribution in [-0.4, -0.2) is 10.1 Å². The predicted molar refractivity (Wildman–Crippen MR) is 74.2 cm³/mol. The maximum atomic E-state index is 10.3. The monoisotopic (exact) mass is 303 g/mol. The maximum absolute atomic E-state index is 10.3. The summed E-state index contributed by atoms with van der Waals surface area (Å²) in [5, 5.41) is 10.3. The van der Waals surface area contributed by atoms with Crippen molar-refractivity contribution in [1.29, 1.82) is 0 Å². The van der Waals surface area contributed by atoms with Crippen LogP contribution in [0, 0.1) is 5.92 Å². The predicted octanol–water partition coefficient (Wildman–Crippen LogP) is 3.29. The minimum absolute atomic E-state index is 0.262. The van der Waals surface area contributed by atoms with Crippen molar-refractivity contribution in [2.24, 2.45) is 5.92 Å². The number of aromatic nitrogens is 1. The lowest BCUT2D eigenvalue weighted by atomic mass is 9.95. The number of halogens is 1. The summed E-state index contributed by atoms with van der Waals surface area (Å²) in [6.07, 6.45) is 5.12. The molecule has 3 heteroatoms. The van der Waals surface area contributed by atoms with Crippen LogP contribution < -0.4 is 0 Å². The van der Waals surface area contributed by atoms with E-state index in [1.807, 2.05) is 24.4 Å². The molecule has 2 nitrogen and oxygen atoms in total. The van der Waals surface area contributed by atoms with Gasteiger partial charge in [-0.15, -0.1) is 0 Å². The molecule has 0 radical (unpaired) electrons. The molecule has 1 aromatic carbocycles. The topological polar surface area (TPSA) is 33.1 Å². The number of hydrogen-bond donors (Lipinski definition) is 1. The third-order valence-electron chi connectivity index (χ3n) is 3.56. The summed E-state index contributed by atoms with van der Waals surface area (Å²) in [7, 11) is 0. The van der Waals surface area contributed by atoms with Gasteiger partial charge in [0.25, 0.3) is 0 Å². The summed E-state index contributed by atoms with van der Waals surface area (Å²) in [4.78, 5) is 4.17. The molecule has 1 aromatic heterocycles. The zero-order valence-electron chi connectivity index (χ0n) is 9.88. The number of benzene rings is 1. The van der Waals surface area contributed by atoms with Gasteiger partial charge in [-0.2, -0.15) is 0 Å². The van der Waals surface area contributed by atoms with Crippen LogP contribution in [-0.2, 0) is 12.8 Å². The van der Waals surface area contributed by atoms with Crippen LogP contribution in [0.1, 0.15) is 22.8 Å². The average Bonchev–Trinajstić information content (AvgIpc) is 2.67. The van der Waals surface area contributed by atoms with E-state index in [0.717, 1.165) is 22.9 Å². The molecule has 92 valence electrons. The molecule has 0 amide bonds. The summed E-state index contributed by atoms with van der Waals surface area (Å²) in [5.41, 5.74) is 3.53. The molecule has 1 aliphatic carbocycles. The van der Waals surface area contributed by atoms with Crippen molar-refractivity contribution in [3.63, 3.8) is 0 Å². The quantitative estimate of drug-likeness (QED) is 0.923. The number of fused-ring (bicyclic) bond motifs is 1. The van der Waals surface area contributed by atoms with Gasteiger partial charge in [-0.05, 0) is 57.4 Å². The Hall–Kier alpha value is -1.19. The molecule has 2 aromatic rings. The van der Waals surface area contributed by atoms with E-state index in [1.54, 1.807) is 6.20 Å². The lowest BCUT2D eigenvalue weighted by molar-refractivity contribution is 0.123. The van der Waals surface area contributed by atoms with E-state index in [2.05, 4.69) is 33.0 Å². The van der Waals surface area contributed by atoms with Crippen LogP contribution in [0.15, 0.2) is 47.2 Å². The molecule has 0 bridgehead atoms. The van der Waals surface area contributed by atoms with Crippen LogP contribution in [0.3, 0.4) is 0 Å². The van der Waals surface area contributed by atoms with Gasteiger partial charge in [0.15, 0.2) is 0 Å². The van der Waals surface area contributed by atoms with Crippen molar-refractivity contribution in [3.8, 4) is 0 Å². The van der Waals surface area contributed by atoms with E-state index in [9.17, 15) is 5.11 Å². The zero-order valence-corrected chi connectivity index (χ0v) is 11.5. The molecule has 2 atom stereocenters. The second-order valence-corrected chi connectivity index (χ2v) is 5.74. The van der Waals surface area contributed by atoms with Crippen molar-refractivity contribution < 1.29 is 5.11 Å². The lowest BCUT2D eigenvalue weighted by Crippen LogP contribution is -2.10. The highest BCUT2D eigenvalue weighted by molar-refractivity contribution is 9.10. The molecular weight excluding hydrogens is 290 g/mol. The first-order valence-corrected chi connectivity index (χ1v) is 6.88. The highest BCUT2D eigenvalue weighted by atomic mass is 79.9. The number of nitrogens with zero attached hydrogens (tertiary/aromatic N) is 1. The molecule has 0 saturated carbocycles. The minimum atomic E-state index is -0.347. The summed E-state index contributed by atoms with van der Waals surface area (Å²) in [6.45, 7) is 0. The first kappa shape index (κ1) is 11.9. The van der Waals surface area contributed by atoms with Gasteiger partial charge >= 0.3 is 0 Å². The summed E-state index contributed by atoms with van der Waals surface area (Å²) in [6, 6.07) is 10.2. The van der Waals surface area contributed by atoms with E-state index < -0.39 is 0 Å². The molecule has 1 aliphatic rings. The molecule has 0 fully saturated rings. The van der Waals surface area contributed by atoms with Crippen LogP contribution in [0.25, 0.3) is 0 Å². The van der Waals surface area contributed by atoms with Crippen LogP contribution in [0.4, 0.5) is 0 Å². The summed E-state index contributed by atoms with van der Waals surface area (Å²) < 4.78 is 0.991. The Bertz CT molecular complexity index is 570. The Balaban J connectivity index is 1.81. The fourth-order valence-corrected chi connectivity index (χ4v) is 3.12. The molecule has 0 saturated heterocycles. The summed E-state index contributed by atoms with van der Waals surface area (Å²) in [5.74, 6) is 0.262. The van der Waals surface area contributed by atoms with E-state index in [1.165, 1.54) is 11.1 Å². The highest BCUT2D eigenvalue weighted by Crippen LogP contribution is 2.37. The second-order valence-electron chi connectivity index (χ2n) is 4.82. The molecule has 0 aliphatic heterocycles. The van der Waals surface area contributed by atoms with Crippen molar-refractivity contribution in [2.45, 2.75) is 18.9 Å². The third kappa shape index (κ3) is 2.20. The largest absolute Gasteiger partial charge is 0.388 e. The van der Waals surface area contributed by atoms with E-state index in [4.69, 9.17) is 0 Å². The zero-order chi connectivity index (χ0) is 12.5. The molecule has 18 heavy (non-hydrogen) atoms. The van der Waals surface area contributed by atoms with Gasteiger partial charge in [0.2, 0.25) is 0 Å². The molecule has 2 unspecified atom stereocenters. The lowest BCUT2D eigenvalue weighted by Gasteiger charge is -2.14. The highest BCUT2D eigenvalue weighted by Gasteiger charge is 2.30. The van der Waals surface area contributed by atoms with Gasteiger partial charge < -0.3 is 5.11 Å². The Morgan fingerprint density at radius 2 is 2.11 bits per heavy atom. The molecular formula is C15H14BrNO. The number of aliphatic hydroxyl groups is 1. The van der Waals surface area contributed by atoms with Gasteiger partial charge in [-0.25, -0.2) is 0 Å². The Morgan fingerprint density at radius 1 is 1.28 bits per heavy atom. The standard InChI is InChI=1S/C15H14BrNO/c16-13-6-10(8-17-9-13)5-12-7-11-3-1-2-4-14(11)15(12)18/h1-4,6,8-9,12,15,18H,5,7H2. The van der Waals surface area contributed by atoms with Crippen LogP contribution >= 0.6 is 15.9 Å². The number of pyridine rings is 1. The molecule has 0 spiro atoms. The fourth-order valence-electron chi connectivity index (χ4n) is 2.71. The van der Waals surface area contributed by atoms with E-state index >= 15 is 0 Å². The van der Waals surface area contributed by atoms with Gasteiger partial charge in [0.05, 0.1) is 6.10 Å². The van der Waals surface area contributed by atoms with Crippen LogP contribution in [0.2, 0.25) is 0 Å². The normalized spacial score (nSPS) is 21.9. The first-order chi connectivity index (χ1) is 8.74. The Labute approximate surface area is 115 Å². The SMILES string of the molecule is OC1c2ccccc2CC1Cc1cncc(Br)c1. The van der Waals surface area contributed by atoms with Crippen molar-refractivity contribution in [2.75, 3.05) is 0 Å². The first-order valence-electron chi connectivity index (χ1n) is 6.09. The number of hydrogen-bond acceptors (Lipinski definition) is 2. The number of rotatable bonds is 2. The maximum Gasteiger partial charge on any atom is 0.0827 e.